The normalized spacial score (nSPS) is 11.1. The summed E-state index contributed by atoms with van der Waals surface area (Å²) in [5.74, 6) is 2.25. The number of fused-ring (bicyclic) bond motifs is 1. The molecular weight excluding hydrogens is 394 g/mol. The minimum absolute atomic E-state index is 0.367. The Bertz CT molecular complexity index is 1060. The fourth-order valence-corrected chi connectivity index (χ4v) is 3.13. The number of pyridine rings is 1. The summed E-state index contributed by atoms with van der Waals surface area (Å²) >= 11 is 0. The summed E-state index contributed by atoms with van der Waals surface area (Å²) in [6.45, 7) is 6.42. The van der Waals surface area contributed by atoms with Crippen LogP contribution in [0.4, 0.5) is 10.6 Å². The molecule has 0 spiro atoms. The van der Waals surface area contributed by atoms with Gasteiger partial charge in [0.2, 0.25) is 0 Å². The van der Waals surface area contributed by atoms with E-state index in [9.17, 15) is 4.79 Å². The van der Waals surface area contributed by atoms with Gasteiger partial charge < -0.3 is 24.8 Å². The van der Waals surface area contributed by atoms with Gasteiger partial charge in [-0.3, -0.25) is 0 Å². The molecule has 0 saturated carbocycles. The number of carbonyl (C=O) groups is 1. The molecule has 0 aliphatic rings. The zero-order valence-electron chi connectivity index (χ0n) is 18.6. The van der Waals surface area contributed by atoms with E-state index >= 15 is 0 Å². The maximum atomic E-state index is 11.9. The van der Waals surface area contributed by atoms with Gasteiger partial charge in [0, 0.05) is 36.3 Å². The van der Waals surface area contributed by atoms with Crippen LogP contribution in [0, 0.1) is 0 Å². The molecule has 0 bridgehead atoms. The molecule has 7 heteroatoms. The van der Waals surface area contributed by atoms with Crippen LogP contribution in [0.15, 0.2) is 48.7 Å². The van der Waals surface area contributed by atoms with Crippen LogP contribution in [-0.2, 0) is 17.8 Å². The summed E-state index contributed by atoms with van der Waals surface area (Å²) in [4.78, 5) is 16.5. The average molecular weight is 424 g/mol. The lowest BCUT2D eigenvalue weighted by atomic mass is 10.1. The molecule has 0 fully saturated rings. The Hall–Kier alpha value is -3.48. The third-order valence-corrected chi connectivity index (χ3v) is 4.61. The minimum Gasteiger partial charge on any atom is -0.497 e. The van der Waals surface area contributed by atoms with Gasteiger partial charge in [-0.05, 0) is 56.0 Å². The smallest absolute Gasteiger partial charge is 0.407 e. The molecule has 0 atom stereocenters. The Labute approximate surface area is 182 Å². The van der Waals surface area contributed by atoms with Crippen molar-refractivity contribution in [2.75, 3.05) is 19.5 Å². The van der Waals surface area contributed by atoms with Gasteiger partial charge in [-0.15, -0.1) is 0 Å². The quantitative estimate of drug-likeness (QED) is 0.563. The van der Waals surface area contributed by atoms with Crippen molar-refractivity contribution in [3.8, 4) is 11.5 Å². The molecule has 164 valence electrons. The van der Waals surface area contributed by atoms with E-state index in [4.69, 9.17) is 14.2 Å². The lowest BCUT2D eigenvalue weighted by molar-refractivity contribution is 0.0523. The zero-order chi connectivity index (χ0) is 22.4. The Morgan fingerprint density at radius 2 is 1.81 bits per heavy atom. The highest BCUT2D eigenvalue weighted by Crippen LogP contribution is 2.27. The first-order valence-corrected chi connectivity index (χ1v) is 10.1. The monoisotopic (exact) mass is 423 g/mol. The van der Waals surface area contributed by atoms with Crippen LogP contribution >= 0.6 is 0 Å². The number of anilines is 1. The summed E-state index contributed by atoms with van der Waals surface area (Å²) in [7, 11) is 3.26. The van der Waals surface area contributed by atoms with Gasteiger partial charge in [0.15, 0.2) is 0 Å². The Morgan fingerprint density at radius 3 is 2.52 bits per heavy atom. The standard InChI is InChI=1S/C24H29N3O4/c1-24(2,3)31-23(28)27-14-16-6-7-17-10-11-25-22(20(17)12-16)26-15-18-8-9-19(29-4)13-21(18)30-5/h6-13H,14-15H2,1-5H3,(H,25,26)(H,27,28). The number of alkyl carbamates (subject to hydrolysis) is 1. The van der Waals surface area contributed by atoms with E-state index in [1.54, 1.807) is 20.4 Å². The Morgan fingerprint density at radius 1 is 1.00 bits per heavy atom. The van der Waals surface area contributed by atoms with Crippen LogP contribution in [0.25, 0.3) is 10.8 Å². The number of nitrogens with zero attached hydrogens (tertiary/aromatic N) is 1. The average Bonchev–Trinajstić information content (AvgIpc) is 2.74. The van der Waals surface area contributed by atoms with Crippen molar-refractivity contribution in [1.29, 1.82) is 0 Å². The summed E-state index contributed by atoms with van der Waals surface area (Å²) in [5.41, 5.74) is 1.41. The number of rotatable bonds is 7. The molecule has 0 saturated heterocycles. The fourth-order valence-electron chi connectivity index (χ4n) is 3.13. The predicted octanol–water partition coefficient (Wildman–Crippen LogP) is 4.89. The molecule has 2 N–H and O–H groups in total. The van der Waals surface area contributed by atoms with Gasteiger partial charge in [-0.1, -0.05) is 12.1 Å². The molecule has 3 aromatic rings. The topological polar surface area (TPSA) is 81.7 Å². The molecule has 1 aromatic heterocycles. The number of benzene rings is 2. The number of hydrogen-bond acceptors (Lipinski definition) is 6. The van der Waals surface area contributed by atoms with E-state index in [1.165, 1.54) is 0 Å². The van der Waals surface area contributed by atoms with E-state index in [1.807, 2.05) is 63.2 Å². The summed E-state index contributed by atoms with van der Waals surface area (Å²) in [6.07, 6.45) is 1.33. The van der Waals surface area contributed by atoms with Crippen molar-refractivity contribution < 1.29 is 19.0 Å². The maximum Gasteiger partial charge on any atom is 0.407 e. The van der Waals surface area contributed by atoms with Crippen LogP contribution in [0.2, 0.25) is 0 Å². The largest absolute Gasteiger partial charge is 0.497 e. The first-order chi connectivity index (χ1) is 14.8. The van der Waals surface area contributed by atoms with E-state index in [0.717, 1.165) is 39.2 Å². The fraction of sp³-hybridized carbons (Fsp3) is 0.333. The first-order valence-electron chi connectivity index (χ1n) is 10.1. The van der Waals surface area contributed by atoms with E-state index < -0.39 is 11.7 Å². The zero-order valence-corrected chi connectivity index (χ0v) is 18.6. The number of nitrogens with one attached hydrogen (secondary N) is 2. The molecule has 2 aromatic carbocycles. The van der Waals surface area contributed by atoms with E-state index in [0.29, 0.717) is 13.1 Å². The van der Waals surface area contributed by atoms with Crippen molar-refractivity contribution in [1.82, 2.24) is 10.3 Å². The molecule has 1 heterocycles. The molecule has 0 aliphatic heterocycles. The highest BCUT2D eigenvalue weighted by Gasteiger charge is 2.16. The molecule has 1 amide bonds. The van der Waals surface area contributed by atoms with Crippen molar-refractivity contribution in [2.24, 2.45) is 0 Å². The first kappa shape index (κ1) is 22.2. The van der Waals surface area contributed by atoms with Gasteiger partial charge >= 0.3 is 6.09 Å². The maximum absolute atomic E-state index is 11.9. The summed E-state index contributed by atoms with van der Waals surface area (Å²) in [6, 6.07) is 13.7. The number of carbonyl (C=O) groups excluding carboxylic acids is 1. The van der Waals surface area contributed by atoms with Crippen molar-refractivity contribution >= 4 is 22.7 Å². The third-order valence-electron chi connectivity index (χ3n) is 4.61. The second kappa shape index (κ2) is 9.55. The summed E-state index contributed by atoms with van der Waals surface area (Å²) in [5, 5.41) is 8.21. The summed E-state index contributed by atoms with van der Waals surface area (Å²) < 4.78 is 16.0. The molecule has 31 heavy (non-hydrogen) atoms. The van der Waals surface area contributed by atoms with Crippen LogP contribution < -0.4 is 20.1 Å². The minimum atomic E-state index is -0.531. The second-order valence-corrected chi connectivity index (χ2v) is 8.10. The van der Waals surface area contributed by atoms with Crippen LogP contribution in [0.5, 0.6) is 11.5 Å². The van der Waals surface area contributed by atoms with E-state index in [2.05, 4.69) is 15.6 Å². The second-order valence-electron chi connectivity index (χ2n) is 8.10. The van der Waals surface area contributed by atoms with Gasteiger partial charge in [-0.2, -0.15) is 0 Å². The Balaban J connectivity index is 1.75. The number of amides is 1. The SMILES string of the molecule is COc1ccc(CNc2nccc3ccc(CNC(=O)OC(C)(C)C)cc23)c(OC)c1. The molecule has 7 nitrogen and oxygen atoms in total. The van der Waals surface area contributed by atoms with Crippen LogP contribution in [0.3, 0.4) is 0 Å². The molecule has 0 aliphatic carbocycles. The van der Waals surface area contributed by atoms with E-state index in [-0.39, 0.29) is 0 Å². The predicted molar refractivity (Wildman–Crippen MR) is 122 cm³/mol. The van der Waals surface area contributed by atoms with Crippen molar-refractivity contribution in [3.63, 3.8) is 0 Å². The lowest BCUT2D eigenvalue weighted by Crippen LogP contribution is -2.32. The van der Waals surface area contributed by atoms with Gasteiger partial charge in [-0.25, -0.2) is 9.78 Å². The number of aromatic nitrogens is 1. The van der Waals surface area contributed by atoms with Gasteiger partial charge in [0.05, 0.1) is 14.2 Å². The number of hydrogen-bond donors (Lipinski definition) is 2. The number of methoxy groups -OCH3 is 2. The van der Waals surface area contributed by atoms with Crippen molar-refractivity contribution in [3.05, 3.63) is 59.8 Å². The highest BCUT2D eigenvalue weighted by atomic mass is 16.6. The molecule has 0 unspecified atom stereocenters. The van der Waals surface area contributed by atoms with Gasteiger partial charge in [0.1, 0.15) is 22.9 Å². The number of ether oxygens (including phenoxy) is 3. The van der Waals surface area contributed by atoms with Crippen molar-refractivity contribution in [2.45, 2.75) is 39.5 Å². The lowest BCUT2D eigenvalue weighted by Gasteiger charge is -2.19. The molecule has 0 radical (unpaired) electrons. The highest BCUT2D eigenvalue weighted by molar-refractivity contribution is 5.92. The van der Waals surface area contributed by atoms with Gasteiger partial charge in [0.25, 0.3) is 0 Å². The van der Waals surface area contributed by atoms with Crippen LogP contribution in [-0.4, -0.2) is 30.9 Å². The van der Waals surface area contributed by atoms with Crippen LogP contribution in [0.1, 0.15) is 31.9 Å². The molecular formula is C24H29N3O4. The third kappa shape index (κ3) is 6.01. The molecule has 3 rings (SSSR count). The Kier molecular flexibility index (Phi) is 6.84.